The third kappa shape index (κ3) is 11.7. The van der Waals surface area contributed by atoms with Gasteiger partial charge in [0.15, 0.2) is 0 Å². The van der Waals surface area contributed by atoms with Crippen molar-refractivity contribution >= 4 is 21.9 Å². The van der Waals surface area contributed by atoms with E-state index in [-0.39, 0.29) is 36.9 Å². The summed E-state index contributed by atoms with van der Waals surface area (Å²) in [5.74, 6) is -0.805. The third-order valence-electron chi connectivity index (χ3n) is 2.26. The molecule has 7 nitrogen and oxygen atoms in total. The molecule has 0 radical (unpaired) electrons. The molecule has 8 heteroatoms. The first-order valence-corrected chi connectivity index (χ1v) is 7.67. The van der Waals surface area contributed by atoms with Crippen LogP contribution in [0.2, 0.25) is 0 Å². The van der Waals surface area contributed by atoms with Crippen LogP contribution >= 0.6 is 0 Å². The molecule has 0 aromatic heterocycles. The molecule has 0 heterocycles. The highest BCUT2D eigenvalue weighted by Crippen LogP contribution is 2.02. The van der Waals surface area contributed by atoms with Crippen LogP contribution in [-0.4, -0.2) is 38.4 Å². The van der Waals surface area contributed by atoms with E-state index in [9.17, 15) is 18.0 Å². The zero-order valence-electron chi connectivity index (χ0n) is 11.7. The number of methoxy groups -OCH3 is 1. The van der Waals surface area contributed by atoms with Crippen LogP contribution in [0.15, 0.2) is 30.3 Å². The Bertz CT molecular complexity index is 525. The maximum atomic E-state index is 10.5. The van der Waals surface area contributed by atoms with Gasteiger partial charge in [0.05, 0.1) is 20.1 Å². The lowest BCUT2D eigenvalue weighted by Crippen LogP contribution is -2.14. The Balaban J connectivity index is 0.000000384. The van der Waals surface area contributed by atoms with Crippen molar-refractivity contribution in [3.63, 3.8) is 0 Å². The SMILES string of the molecule is COC(=O)CCC(=O)CN.O=S(=O)(O)Cc1ccccc1. The van der Waals surface area contributed by atoms with Gasteiger partial charge < -0.3 is 10.5 Å². The number of carbonyl (C=O) groups is 2. The second-order valence-electron chi connectivity index (χ2n) is 4.03. The van der Waals surface area contributed by atoms with Crippen LogP contribution in [0.1, 0.15) is 18.4 Å². The summed E-state index contributed by atoms with van der Waals surface area (Å²) < 4.78 is 33.5. The minimum Gasteiger partial charge on any atom is -0.469 e. The predicted octanol–water partition coefficient (Wildman–Crippen LogP) is 0.542. The first kappa shape index (κ1) is 19.2. The van der Waals surface area contributed by atoms with Gasteiger partial charge in [-0.15, -0.1) is 0 Å². The Morgan fingerprint density at radius 3 is 2.19 bits per heavy atom. The van der Waals surface area contributed by atoms with Crippen molar-refractivity contribution < 1.29 is 27.3 Å². The van der Waals surface area contributed by atoms with E-state index in [1.54, 1.807) is 30.3 Å². The molecule has 0 aliphatic rings. The summed E-state index contributed by atoms with van der Waals surface area (Å²) in [5, 5.41) is 0. The van der Waals surface area contributed by atoms with Crippen molar-refractivity contribution in [3.05, 3.63) is 35.9 Å². The summed E-state index contributed by atoms with van der Waals surface area (Å²) >= 11 is 0. The van der Waals surface area contributed by atoms with Crippen molar-refractivity contribution in [1.29, 1.82) is 0 Å². The van der Waals surface area contributed by atoms with E-state index in [1.807, 2.05) is 0 Å². The molecular weight excluding hydrogens is 298 g/mol. The van der Waals surface area contributed by atoms with Gasteiger partial charge in [-0.05, 0) is 5.56 Å². The van der Waals surface area contributed by atoms with Crippen LogP contribution in [0, 0.1) is 0 Å². The Labute approximate surface area is 123 Å². The molecular formula is C13H19NO6S. The molecule has 3 N–H and O–H groups in total. The number of benzene rings is 1. The molecule has 0 amide bonds. The first-order valence-electron chi connectivity index (χ1n) is 6.06. The zero-order chi connectivity index (χ0) is 16.3. The van der Waals surface area contributed by atoms with Crippen molar-refractivity contribution in [2.45, 2.75) is 18.6 Å². The number of nitrogens with two attached hydrogens (primary N) is 1. The average molecular weight is 317 g/mol. The first-order chi connectivity index (χ1) is 9.78. The fraction of sp³-hybridized carbons (Fsp3) is 0.385. The van der Waals surface area contributed by atoms with Crippen LogP contribution in [0.5, 0.6) is 0 Å². The van der Waals surface area contributed by atoms with Crippen molar-refractivity contribution in [2.75, 3.05) is 13.7 Å². The maximum absolute atomic E-state index is 10.5. The topological polar surface area (TPSA) is 124 Å². The quantitative estimate of drug-likeness (QED) is 0.579. The van der Waals surface area contributed by atoms with Crippen molar-refractivity contribution in [2.24, 2.45) is 5.73 Å². The average Bonchev–Trinajstić information content (AvgIpc) is 2.44. The highest BCUT2D eigenvalue weighted by Gasteiger charge is 2.04. The van der Waals surface area contributed by atoms with Crippen LogP contribution < -0.4 is 5.73 Å². The van der Waals surface area contributed by atoms with Crippen LogP contribution in [0.25, 0.3) is 0 Å². The highest BCUT2D eigenvalue weighted by molar-refractivity contribution is 7.85. The molecule has 0 atom stereocenters. The summed E-state index contributed by atoms with van der Waals surface area (Å²) in [6.45, 7) is -0.00298. The molecule has 0 saturated carbocycles. The molecule has 1 aromatic rings. The summed E-state index contributed by atoms with van der Waals surface area (Å²) in [5.41, 5.74) is 5.59. The van der Waals surface area contributed by atoms with E-state index >= 15 is 0 Å². The second kappa shape index (κ2) is 10.0. The normalized spacial score (nSPS) is 10.2. The van der Waals surface area contributed by atoms with Gasteiger partial charge in [-0.2, -0.15) is 8.42 Å². The maximum Gasteiger partial charge on any atom is 0.305 e. The predicted molar refractivity (Wildman–Crippen MR) is 77.0 cm³/mol. The van der Waals surface area contributed by atoms with Crippen molar-refractivity contribution in [3.8, 4) is 0 Å². The van der Waals surface area contributed by atoms with Gasteiger partial charge >= 0.3 is 5.97 Å². The third-order valence-corrected chi connectivity index (χ3v) is 2.95. The molecule has 0 bridgehead atoms. The van der Waals surface area contributed by atoms with E-state index in [4.69, 9.17) is 10.3 Å². The van der Waals surface area contributed by atoms with Crippen LogP contribution in [-0.2, 0) is 30.2 Å². The highest BCUT2D eigenvalue weighted by atomic mass is 32.2. The lowest BCUT2D eigenvalue weighted by Gasteiger charge is -1.95. The second-order valence-corrected chi connectivity index (χ2v) is 5.48. The van der Waals surface area contributed by atoms with Crippen LogP contribution in [0.4, 0.5) is 0 Å². The van der Waals surface area contributed by atoms with Gasteiger partial charge in [-0.3, -0.25) is 14.1 Å². The molecule has 0 fully saturated rings. The van der Waals surface area contributed by atoms with Gasteiger partial charge in [0.2, 0.25) is 0 Å². The lowest BCUT2D eigenvalue weighted by atomic mass is 10.2. The Hall–Kier alpha value is -1.77. The monoisotopic (exact) mass is 317 g/mol. The summed E-state index contributed by atoms with van der Waals surface area (Å²) in [6, 6.07) is 8.52. The van der Waals surface area contributed by atoms with Crippen molar-refractivity contribution in [1.82, 2.24) is 0 Å². The number of esters is 1. The largest absolute Gasteiger partial charge is 0.469 e. The Morgan fingerprint density at radius 2 is 1.76 bits per heavy atom. The van der Waals surface area contributed by atoms with Gasteiger partial charge in [-0.25, -0.2) is 0 Å². The number of ether oxygens (including phenoxy) is 1. The summed E-state index contributed by atoms with van der Waals surface area (Å²) in [6.07, 6.45) is 0.315. The fourth-order valence-electron chi connectivity index (χ4n) is 1.23. The van der Waals surface area contributed by atoms with E-state index in [2.05, 4.69) is 4.74 Å². The molecule has 0 unspecified atom stereocenters. The minimum atomic E-state index is -3.88. The zero-order valence-corrected chi connectivity index (χ0v) is 12.5. The van der Waals surface area contributed by atoms with E-state index in [1.165, 1.54) is 7.11 Å². The number of rotatable bonds is 6. The molecule has 118 valence electrons. The van der Waals surface area contributed by atoms with Crippen LogP contribution in [0.3, 0.4) is 0 Å². The van der Waals surface area contributed by atoms with E-state index in [0.29, 0.717) is 5.56 Å². The molecule has 0 saturated heterocycles. The molecule has 1 rings (SSSR count). The number of hydrogen-bond acceptors (Lipinski definition) is 6. The number of ketones is 1. The number of hydrogen-bond donors (Lipinski definition) is 2. The molecule has 0 aliphatic carbocycles. The molecule has 1 aromatic carbocycles. The Morgan fingerprint density at radius 1 is 1.19 bits per heavy atom. The van der Waals surface area contributed by atoms with Gasteiger partial charge in [0, 0.05) is 6.42 Å². The number of Topliss-reactive ketones (excluding diaryl/α,β-unsaturated/α-hetero) is 1. The lowest BCUT2D eigenvalue weighted by molar-refractivity contribution is -0.141. The summed E-state index contributed by atoms with van der Waals surface area (Å²) in [7, 11) is -2.59. The Kier molecular flexibility index (Phi) is 9.18. The molecule has 0 aliphatic heterocycles. The summed E-state index contributed by atoms with van der Waals surface area (Å²) in [4.78, 5) is 20.9. The standard InChI is InChI=1S/C7H8O3S.C6H11NO3/c8-11(9,10)6-7-4-2-1-3-5-7;1-10-6(9)3-2-5(8)4-7/h1-5H,6H2,(H,8,9,10);2-4,7H2,1H3. The number of carbonyl (C=O) groups excluding carboxylic acids is 2. The smallest absolute Gasteiger partial charge is 0.305 e. The fourth-order valence-corrected chi connectivity index (χ4v) is 1.84. The van der Waals surface area contributed by atoms with Gasteiger partial charge in [0.1, 0.15) is 11.5 Å². The van der Waals surface area contributed by atoms with Gasteiger partial charge in [-0.1, -0.05) is 30.3 Å². The van der Waals surface area contributed by atoms with Gasteiger partial charge in [0.25, 0.3) is 10.1 Å². The molecule has 0 spiro atoms. The van der Waals surface area contributed by atoms with E-state index in [0.717, 1.165) is 0 Å². The van der Waals surface area contributed by atoms with E-state index < -0.39 is 10.1 Å². The molecule has 21 heavy (non-hydrogen) atoms. The minimum absolute atomic E-state index is 0.00298.